The van der Waals surface area contributed by atoms with E-state index in [0.29, 0.717) is 49.1 Å². The van der Waals surface area contributed by atoms with Crippen molar-refractivity contribution >= 4 is 45.7 Å². The summed E-state index contributed by atoms with van der Waals surface area (Å²) >= 11 is 6.34. The Morgan fingerprint density at radius 3 is 2.79 bits per heavy atom. The van der Waals surface area contributed by atoms with Gasteiger partial charge in [0, 0.05) is 37.6 Å². The van der Waals surface area contributed by atoms with Crippen molar-refractivity contribution in [3.63, 3.8) is 0 Å². The van der Waals surface area contributed by atoms with Crippen LogP contribution in [-0.4, -0.2) is 51.2 Å². The number of piperidine rings is 1. The first-order valence-corrected chi connectivity index (χ1v) is 11.2. The van der Waals surface area contributed by atoms with Crippen LogP contribution in [0.4, 0.5) is 17.5 Å². The molecule has 0 bridgehead atoms. The van der Waals surface area contributed by atoms with Gasteiger partial charge >= 0.3 is 0 Å². The highest BCUT2D eigenvalue weighted by molar-refractivity contribution is 6.32. The fraction of sp³-hybridized carbons (Fsp3) is 0.391. The second-order valence-corrected chi connectivity index (χ2v) is 8.44. The van der Waals surface area contributed by atoms with Gasteiger partial charge in [-0.05, 0) is 37.1 Å². The van der Waals surface area contributed by atoms with E-state index < -0.39 is 0 Å². The Kier molecular flexibility index (Phi) is 6.80. The fourth-order valence-electron chi connectivity index (χ4n) is 3.70. The summed E-state index contributed by atoms with van der Waals surface area (Å²) in [6, 6.07) is 7.15. The maximum Gasteiger partial charge on any atom is 0.293 e. The number of aryl methyl sites for hydroxylation is 1. The molecule has 1 aliphatic heterocycles. The molecule has 0 saturated carbocycles. The van der Waals surface area contributed by atoms with Crippen LogP contribution >= 0.6 is 11.6 Å². The number of halogens is 1. The number of benzene rings is 1. The molecule has 4 rings (SSSR count). The van der Waals surface area contributed by atoms with Crippen molar-refractivity contribution in [1.29, 1.82) is 0 Å². The van der Waals surface area contributed by atoms with Gasteiger partial charge in [-0.25, -0.2) is 4.98 Å². The second-order valence-electron chi connectivity index (χ2n) is 8.04. The van der Waals surface area contributed by atoms with Crippen LogP contribution in [0.5, 0.6) is 5.75 Å². The smallest absolute Gasteiger partial charge is 0.293 e. The lowest BCUT2D eigenvalue weighted by atomic mass is 10.1. The summed E-state index contributed by atoms with van der Waals surface area (Å²) in [5, 5.41) is 14.1. The van der Waals surface area contributed by atoms with Gasteiger partial charge in [0.2, 0.25) is 5.95 Å². The van der Waals surface area contributed by atoms with Gasteiger partial charge < -0.3 is 24.6 Å². The van der Waals surface area contributed by atoms with E-state index in [4.69, 9.17) is 16.3 Å². The van der Waals surface area contributed by atoms with Crippen molar-refractivity contribution in [2.75, 3.05) is 29.9 Å². The first kappa shape index (κ1) is 23.0. The first-order valence-electron chi connectivity index (χ1n) is 10.9. The number of nitrogens with zero attached hydrogens (tertiary/aromatic N) is 4. The molecule has 1 aromatic carbocycles. The number of carbonyl (C=O) groups is 1. The summed E-state index contributed by atoms with van der Waals surface area (Å²) in [7, 11) is 1.66. The number of rotatable bonds is 7. The molecule has 3 aromatic rings. The third kappa shape index (κ3) is 5.09. The van der Waals surface area contributed by atoms with Crippen LogP contribution in [0, 0.1) is 0 Å². The van der Waals surface area contributed by atoms with E-state index in [1.165, 1.54) is 4.57 Å². The number of carbonyl (C=O) groups excluding carboxylic acids is 1. The van der Waals surface area contributed by atoms with Gasteiger partial charge in [0.1, 0.15) is 11.6 Å². The molecular formula is C23H26ClN5O4. The lowest BCUT2D eigenvalue weighted by Gasteiger charge is -2.29. The lowest BCUT2D eigenvalue weighted by molar-refractivity contribution is -0.120. The zero-order valence-electron chi connectivity index (χ0n) is 18.5. The normalized spacial score (nSPS) is 14.5. The molecular weight excluding hydrogens is 446 g/mol. The minimum absolute atomic E-state index is 0.0787. The Morgan fingerprint density at radius 2 is 2.06 bits per heavy atom. The summed E-state index contributed by atoms with van der Waals surface area (Å²) in [5.41, 5.74) is 1.14. The number of hydrogen-bond donors (Lipinski definition) is 2. The number of aliphatic hydroxyl groups is 1. The van der Waals surface area contributed by atoms with E-state index in [9.17, 15) is 14.7 Å². The minimum atomic E-state index is -0.303. The van der Waals surface area contributed by atoms with E-state index in [0.717, 1.165) is 16.6 Å². The minimum Gasteiger partial charge on any atom is -0.480 e. The summed E-state index contributed by atoms with van der Waals surface area (Å²) in [4.78, 5) is 35.1. The zero-order chi connectivity index (χ0) is 23.5. The summed E-state index contributed by atoms with van der Waals surface area (Å²) in [6.45, 7) is 2.97. The topological polar surface area (TPSA) is 110 Å². The van der Waals surface area contributed by atoms with Crippen LogP contribution in [0.15, 0.2) is 35.3 Å². The SMILES string of the molecule is CCC(=O)COc1cc2cc(Nc3nc(N4CCC(O)CC4)ncc3Cl)ccc2n(C)c1=O. The van der Waals surface area contributed by atoms with Gasteiger partial charge in [-0.2, -0.15) is 4.98 Å². The molecule has 2 aromatic heterocycles. The molecule has 3 heterocycles. The molecule has 0 atom stereocenters. The van der Waals surface area contributed by atoms with Crippen molar-refractivity contribution in [2.24, 2.45) is 7.05 Å². The van der Waals surface area contributed by atoms with E-state index in [1.54, 1.807) is 26.2 Å². The summed E-state index contributed by atoms with van der Waals surface area (Å²) in [5.74, 6) is 1.05. The van der Waals surface area contributed by atoms with Gasteiger partial charge in [0.25, 0.3) is 5.56 Å². The fourth-order valence-corrected chi connectivity index (χ4v) is 3.83. The van der Waals surface area contributed by atoms with Crippen molar-refractivity contribution in [2.45, 2.75) is 32.3 Å². The number of nitrogens with one attached hydrogen (secondary N) is 1. The molecule has 0 spiro atoms. The maximum absolute atomic E-state index is 12.6. The molecule has 0 amide bonds. The van der Waals surface area contributed by atoms with Crippen LogP contribution in [0.2, 0.25) is 5.02 Å². The molecule has 9 nitrogen and oxygen atoms in total. The molecule has 0 radical (unpaired) electrons. The zero-order valence-corrected chi connectivity index (χ0v) is 19.3. The monoisotopic (exact) mass is 471 g/mol. The van der Waals surface area contributed by atoms with E-state index >= 15 is 0 Å². The van der Waals surface area contributed by atoms with Crippen LogP contribution in [0.25, 0.3) is 10.9 Å². The predicted octanol–water partition coefficient (Wildman–Crippen LogP) is 3.04. The number of fused-ring (bicyclic) bond motifs is 1. The Morgan fingerprint density at radius 1 is 1.30 bits per heavy atom. The van der Waals surface area contributed by atoms with Gasteiger partial charge in [0.15, 0.2) is 17.4 Å². The van der Waals surface area contributed by atoms with Crippen LogP contribution in [0.3, 0.4) is 0 Å². The van der Waals surface area contributed by atoms with Gasteiger partial charge in [-0.1, -0.05) is 18.5 Å². The molecule has 1 fully saturated rings. The number of anilines is 3. The molecule has 10 heteroatoms. The maximum atomic E-state index is 12.6. The van der Waals surface area contributed by atoms with Crippen molar-refractivity contribution < 1.29 is 14.6 Å². The van der Waals surface area contributed by atoms with Gasteiger partial charge in [-0.3, -0.25) is 9.59 Å². The number of aromatic nitrogens is 3. The third-order valence-corrected chi connectivity index (χ3v) is 5.99. The lowest BCUT2D eigenvalue weighted by Crippen LogP contribution is -2.36. The third-order valence-electron chi connectivity index (χ3n) is 5.72. The molecule has 0 unspecified atom stereocenters. The number of ketones is 1. The molecule has 1 saturated heterocycles. The van der Waals surface area contributed by atoms with E-state index in [1.807, 2.05) is 23.1 Å². The number of Topliss-reactive ketones (excluding diaryl/α,β-unsaturated/α-hetero) is 1. The number of ether oxygens (including phenoxy) is 1. The average Bonchev–Trinajstić information content (AvgIpc) is 2.82. The Balaban J connectivity index is 1.61. The largest absolute Gasteiger partial charge is 0.480 e. The Hall–Kier alpha value is -3.17. The van der Waals surface area contributed by atoms with Crippen LogP contribution in [-0.2, 0) is 11.8 Å². The molecule has 33 heavy (non-hydrogen) atoms. The van der Waals surface area contributed by atoms with Crippen LogP contribution < -0.4 is 20.5 Å². The van der Waals surface area contributed by atoms with E-state index in [-0.39, 0.29) is 29.8 Å². The Labute approximate surface area is 196 Å². The number of pyridine rings is 1. The molecule has 0 aliphatic carbocycles. The Bertz CT molecular complexity index is 1240. The van der Waals surface area contributed by atoms with Gasteiger partial charge in [0.05, 0.1) is 17.8 Å². The predicted molar refractivity (Wildman–Crippen MR) is 128 cm³/mol. The van der Waals surface area contributed by atoms with E-state index in [2.05, 4.69) is 15.3 Å². The molecule has 2 N–H and O–H groups in total. The standard InChI is InChI=1S/C23H26ClN5O4/c1-3-16(30)13-33-20-11-14-10-15(4-5-19(14)28(2)22(20)32)26-21-18(24)12-25-23(27-21)29-8-6-17(31)7-9-29/h4-5,10-12,17,31H,3,6-9,13H2,1-2H3,(H,25,26,27). The highest BCUT2D eigenvalue weighted by Gasteiger charge is 2.20. The molecule has 174 valence electrons. The molecule has 1 aliphatic rings. The summed E-state index contributed by atoms with van der Waals surface area (Å²) < 4.78 is 6.97. The number of aliphatic hydroxyl groups excluding tert-OH is 1. The second kappa shape index (κ2) is 9.76. The van der Waals surface area contributed by atoms with Crippen molar-refractivity contribution in [3.8, 4) is 5.75 Å². The summed E-state index contributed by atoms with van der Waals surface area (Å²) in [6.07, 6.45) is 2.97. The van der Waals surface area contributed by atoms with Gasteiger partial charge in [-0.15, -0.1) is 0 Å². The van der Waals surface area contributed by atoms with Crippen molar-refractivity contribution in [3.05, 3.63) is 45.8 Å². The number of hydrogen-bond acceptors (Lipinski definition) is 8. The average molecular weight is 472 g/mol. The quantitative estimate of drug-likeness (QED) is 0.541. The van der Waals surface area contributed by atoms with Crippen molar-refractivity contribution in [1.82, 2.24) is 14.5 Å². The first-order chi connectivity index (χ1) is 15.9. The van der Waals surface area contributed by atoms with Crippen LogP contribution in [0.1, 0.15) is 26.2 Å². The highest BCUT2D eigenvalue weighted by atomic mass is 35.5. The highest BCUT2D eigenvalue weighted by Crippen LogP contribution is 2.28.